The SMILES string of the molecule is COc1ncc(C2=CC[C@H](C)CN2C(=O)OC(=O)OC(=O)N2C[C@@H](C)CC=C2c2cnc(OC)c(C)c2)cc1C.[H-].[H-].[Na+].[Na+]. The molecule has 0 bridgehead atoms. The zero-order valence-electron chi connectivity index (χ0n) is 27.6. The number of carbonyl (C=O) groups excluding carboxylic acids is 3. The number of hydrogen-bond donors (Lipinski definition) is 0. The third-order valence-corrected chi connectivity index (χ3v) is 6.82. The fraction of sp³-hybridized carbons (Fsp3) is 0.414. The Labute approximate surface area is 293 Å². The van der Waals surface area contributed by atoms with Crippen molar-refractivity contribution in [3.8, 4) is 11.8 Å². The second kappa shape index (κ2) is 15.9. The van der Waals surface area contributed by atoms with E-state index in [0.717, 1.165) is 24.0 Å². The van der Waals surface area contributed by atoms with E-state index < -0.39 is 18.3 Å². The number of aryl methyl sites for hydroxylation is 2. The number of nitrogens with zero attached hydrogens (tertiary/aromatic N) is 4. The number of carbonyl (C=O) groups is 3. The molecule has 2 aliphatic heterocycles. The van der Waals surface area contributed by atoms with Crippen molar-refractivity contribution >= 4 is 29.7 Å². The van der Waals surface area contributed by atoms with E-state index in [-0.39, 0.29) is 73.8 Å². The van der Waals surface area contributed by atoms with Gasteiger partial charge < -0.3 is 21.8 Å². The van der Waals surface area contributed by atoms with E-state index in [4.69, 9.17) is 18.9 Å². The average molecular weight is 599 g/mol. The van der Waals surface area contributed by atoms with Gasteiger partial charge in [-0.1, -0.05) is 26.0 Å². The van der Waals surface area contributed by atoms with Crippen LogP contribution in [-0.4, -0.2) is 65.4 Å². The summed E-state index contributed by atoms with van der Waals surface area (Å²) in [7, 11) is 3.07. The molecular weight excluding hydrogens is 562 g/mol. The molecule has 0 radical (unpaired) electrons. The summed E-state index contributed by atoms with van der Waals surface area (Å²) in [6.45, 7) is 8.29. The summed E-state index contributed by atoms with van der Waals surface area (Å²) >= 11 is 0. The predicted octanol–water partition coefficient (Wildman–Crippen LogP) is -0.198. The van der Waals surface area contributed by atoms with Crippen LogP contribution in [0.3, 0.4) is 0 Å². The first-order valence-corrected chi connectivity index (χ1v) is 13.1. The van der Waals surface area contributed by atoms with Crippen LogP contribution in [0.1, 0.15) is 51.8 Å². The van der Waals surface area contributed by atoms with Gasteiger partial charge in [0.15, 0.2) is 0 Å². The number of rotatable bonds is 4. The molecule has 2 atom stereocenters. The molecule has 0 unspecified atom stereocenters. The zero-order chi connectivity index (χ0) is 29.0. The van der Waals surface area contributed by atoms with Gasteiger partial charge >= 0.3 is 77.5 Å². The number of methoxy groups -OCH3 is 2. The number of hydrogen-bond acceptors (Lipinski definition) is 9. The Kier molecular flexibility index (Phi) is 13.5. The van der Waals surface area contributed by atoms with Gasteiger partial charge in [0.1, 0.15) is 0 Å². The van der Waals surface area contributed by atoms with Gasteiger partial charge in [0.25, 0.3) is 0 Å². The summed E-state index contributed by atoms with van der Waals surface area (Å²) in [5.74, 6) is 1.22. The molecule has 2 aromatic heterocycles. The van der Waals surface area contributed by atoms with Crippen molar-refractivity contribution < 1.29 is 95.3 Å². The van der Waals surface area contributed by atoms with E-state index in [0.29, 0.717) is 47.4 Å². The van der Waals surface area contributed by atoms with E-state index in [9.17, 15) is 14.4 Å². The minimum Gasteiger partial charge on any atom is -1.00 e. The quantitative estimate of drug-likeness (QED) is 0.268. The standard InChI is InChI=1S/C29H34N4O7.2Na.2H/c1-17-7-9-23(21-11-19(3)25(37-5)30-13-21)32(15-17)27(34)39-29(36)40-28(35)33-16-18(2)8-10-24(33)22-12-20(4)26(38-6)31-14-22;;;;/h9-14,17-18H,7-8,15-16H2,1-6H3;;;;/q;2*+1;2*-1/t17-,18-;;;;/m0..../s1. The molecule has 11 nitrogen and oxygen atoms in total. The molecule has 0 fully saturated rings. The van der Waals surface area contributed by atoms with Gasteiger partial charge in [-0.15, -0.1) is 0 Å². The molecule has 2 aliphatic rings. The van der Waals surface area contributed by atoms with Gasteiger partial charge in [0.05, 0.1) is 25.6 Å². The summed E-state index contributed by atoms with van der Waals surface area (Å²) in [6, 6.07) is 3.69. The molecule has 42 heavy (non-hydrogen) atoms. The summed E-state index contributed by atoms with van der Waals surface area (Å²) in [5.41, 5.74) is 4.04. The molecule has 0 saturated heterocycles. The van der Waals surface area contributed by atoms with Crippen molar-refractivity contribution in [2.24, 2.45) is 11.8 Å². The number of pyridine rings is 2. The van der Waals surface area contributed by atoms with Crippen LogP contribution in [0.2, 0.25) is 0 Å². The molecule has 216 valence electrons. The molecule has 0 aromatic carbocycles. The molecule has 0 aliphatic carbocycles. The van der Waals surface area contributed by atoms with Crippen LogP contribution in [0.15, 0.2) is 36.7 Å². The van der Waals surface area contributed by atoms with Gasteiger partial charge in [-0.05, 0) is 50.7 Å². The molecule has 13 heteroatoms. The molecule has 2 amide bonds. The number of aromatic nitrogens is 2. The Morgan fingerprint density at radius 2 is 1.14 bits per heavy atom. The Morgan fingerprint density at radius 3 is 1.48 bits per heavy atom. The zero-order valence-corrected chi connectivity index (χ0v) is 29.6. The fourth-order valence-corrected chi connectivity index (χ4v) is 4.81. The molecule has 2 aromatic rings. The summed E-state index contributed by atoms with van der Waals surface area (Å²) < 4.78 is 20.4. The van der Waals surface area contributed by atoms with E-state index >= 15 is 0 Å². The fourth-order valence-electron chi connectivity index (χ4n) is 4.81. The smallest absolute Gasteiger partial charge is 1.00 e. The van der Waals surface area contributed by atoms with Crippen molar-refractivity contribution in [2.75, 3.05) is 27.3 Å². The van der Waals surface area contributed by atoms with Crippen molar-refractivity contribution in [1.82, 2.24) is 19.8 Å². The van der Waals surface area contributed by atoms with Crippen LogP contribution < -0.4 is 68.6 Å². The molecule has 0 saturated carbocycles. The van der Waals surface area contributed by atoms with Crippen LogP contribution >= 0.6 is 0 Å². The van der Waals surface area contributed by atoms with Crippen molar-refractivity contribution in [1.29, 1.82) is 0 Å². The first-order valence-electron chi connectivity index (χ1n) is 13.1. The van der Waals surface area contributed by atoms with E-state index in [1.54, 1.807) is 12.4 Å². The van der Waals surface area contributed by atoms with Crippen LogP contribution in [0, 0.1) is 25.7 Å². The third-order valence-electron chi connectivity index (χ3n) is 6.82. The minimum atomic E-state index is -1.40. The predicted molar refractivity (Wildman–Crippen MR) is 149 cm³/mol. The number of allylic oxidation sites excluding steroid dienone is 2. The Morgan fingerprint density at radius 1 is 0.762 bits per heavy atom. The van der Waals surface area contributed by atoms with Gasteiger partial charge in [0, 0.05) is 47.7 Å². The molecule has 4 rings (SSSR count). The maximum atomic E-state index is 13.1. The molecular formula is C29H36N4Na2O7. The largest absolute Gasteiger partial charge is 1.00 e. The summed E-state index contributed by atoms with van der Waals surface area (Å²) in [6.07, 6.45) is 5.15. The first-order chi connectivity index (χ1) is 19.1. The van der Waals surface area contributed by atoms with Crippen molar-refractivity contribution in [3.63, 3.8) is 0 Å². The average Bonchev–Trinajstić information content (AvgIpc) is 2.92. The van der Waals surface area contributed by atoms with Crippen LogP contribution in [0.25, 0.3) is 11.4 Å². The molecule has 0 spiro atoms. The number of ether oxygens (including phenoxy) is 4. The van der Waals surface area contributed by atoms with Crippen LogP contribution in [0.5, 0.6) is 11.8 Å². The van der Waals surface area contributed by atoms with Crippen LogP contribution in [0.4, 0.5) is 14.4 Å². The number of amides is 2. The van der Waals surface area contributed by atoms with Gasteiger partial charge in [-0.25, -0.2) is 24.4 Å². The van der Waals surface area contributed by atoms with Crippen LogP contribution in [-0.2, 0) is 9.47 Å². The topological polar surface area (TPSA) is 120 Å². The van der Waals surface area contributed by atoms with E-state index in [1.165, 1.54) is 24.0 Å². The Balaban J connectivity index is 0.00000462. The maximum absolute atomic E-state index is 13.1. The van der Waals surface area contributed by atoms with Gasteiger partial charge in [-0.2, -0.15) is 0 Å². The monoisotopic (exact) mass is 598 g/mol. The van der Waals surface area contributed by atoms with E-state index in [1.807, 2.05) is 52.0 Å². The van der Waals surface area contributed by atoms with Crippen molar-refractivity contribution in [2.45, 2.75) is 40.5 Å². The van der Waals surface area contributed by atoms with Gasteiger partial charge in [-0.3, -0.25) is 9.80 Å². The molecule has 0 N–H and O–H groups in total. The summed E-state index contributed by atoms with van der Waals surface area (Å²) in [4.78, 5) is 50.1. The normalized spacial score (nSPS) is 18.0. The van der Waals surface area contributed by atoms with E-state index in [2.05, 4.69) is 9.97 Å². The third kappa shape index (κ3) is 8.36. The second-order valence-corrected chi connectivity index (χ2v) is 10.2. The summed E-state index contributed by atoms with van der Waals surface area (Å²) in [5, 5.41) is 0. The minimum absolute atomic E-state index is 0. The van der Waals surface area contributed by atoms with Crippen molar-refractivity contribution in [3.05, 3.63) is 58.9 Å². The Hall–Kier alpha value is -2.41. The second-order valence-electron chi connectivity index (χ2n) is 10.2. The molecule has 4 heterocycles. The Bertz CT molecular complexity index is 1290. The first kappa shape index (κ1) is 35.8. The maximum Gasteiger partial charge on any atom is 1.00 e. The van der Waals surface area contributed by atoms with Gasteiger partial charge in [0.2, 0.25) is 11.8 Å².